The van der Waals surface area contributed by atoms with E-state index in [2.05, 4.69) is 96.5 Å². The van der Waals surface area contributed by atoms with E-state index in [1.54, 1.807) is 10.7 Å². The summed E-state index contributed by atoms with van der Waals surface area (Å²) in [7, 11) is 0. The molecule has 1 aliphatic heterocycles. The van der Waals surface area contributed by atoms with Gasteiger partial charge in [-0.3, -0.25) is 9.58 Å². The van der Waals surface area contributed by atoms with E-state index in [0.717, 1.165) is 72.0 Å². The molecule has 1 saturated heterocycles. The number of rotatable bonds is 5. The van der Waals surface area contributed by atoms with E-state index in [0.29, 0.717) is 5.56 Å². The third-order valence-electron chi connectivity index (χ3n) is 7.63. The molecule has 1 aromatic carbocycles. The molecule has 8 nitrogen and oxygen atoms in total. The first-order valence-corrected chi connectivity index (χ1v) is 13.8. The molecule has 6 rings (SSSR count). The molecule has 0 amide bonds. The van der Waals surface area contributed by atoms with Crippen LogP contribution in [0.3, 0.4) is 0 Å². The van der Waals surface area contributed by atoms with Gasteiger partial charge in [-0.25, -0.2) is 9.50 Å². The highest BCUT2D eigenvalue weighted by Gasteiger charge is 2.21. The molecule has 0 aliphatic carbocycles. The number of pyridine rings is 2. The topological polar surface area (TPSA) is 78.3 Å². The Morgan fingerprint density at radius 3 is 2.33 bits per heavy atom. The molecule has 5 heterocycles. The summed E-state index contributed by atoms with van der Waals surface area (Å²) in [6.07, 6.45) is 7.62. The highest BCUT2D eigenvalue weighted by atomic mass is 15.3. The number of aromatic nitrogens is 5. The van der Waals surface area contributed by atoms with Crippen molar-refractivity contribution >= 4 is 11.3 Å². The van der Waals surface area contributed by atoms with Crippen LogP contribution in [0.2, 0.25) is 0 Å². The van der Waals surface area contributed by atoms with Gasteiger partial charge in [-0.2, -0.15) is 15.5 Å². The van der Waals surface area contributed by atoms with Crippen molar-refractivity contribution in [1.29, 1.82) is 5.26 Å². The van der Waals surface area contributed by atoms with Gasteiger partial charge in [-0.1, -0.05) is 30.3 Å². The standard InChI is InChI=1S/C32H34N8/c1-23-29(22-40(36-23)32(2,3)4)26-16-28(31-27(17-33)19-35-39(31)21-26)25-10-11-30(34-18-25)38-14-12-37(13-15-38)20-24-8-6-5-7-9-24/h5-11,16,18-19,21-22H,12-15,20H2,1-4H3. The van der Waals surface area contributed by atoms with Crippen LogP contribution < -0.4 is 4.90 Å². The average molecular weight is 531 g/mol. The first-order valence-electron chi connectivity index (χ1n) is 13.8. The van der Waals surface area contributed by atoms with Crippen LogP contribution >= 0.6 is 0 Å². The lowest BCUT2D eigenvalue weighted by Gasteiger charge is -2.35. The molecule has 4 aromatic heterocycles. The van der Waals surface area contributed by atoms with Gasteiger partial charge in [0.25, 0.3) is 0 Å². The number of fused-ring (bicyclic) bond motifs is 1. The average Bonchev–Trinajstić information content (AvgIpc) is 3.57. The second-order valence-electron chi connectivity index (χ2n) is 11.5. The zero-order valence-electron chi connectivity index (χ0n) is 23.5. The summed E-state index contributed by atoms with van der Waals surface area (Å²) in [5.41, 5.74) is 7.45. The maximum absolute atomic E-state index is 9.81. The number of piperazine rings is 1. The van der Waals surface area contributed by atoms with Gasteiger partial charge in [0.1, 0.15) is 11.9 Å². The fourth-order valence-corrected chi connectivity index (χ4v) is 5.37. The Labute approximate surface area is 235 Å². The van der Waals surface area contributed by atoms with E-state index in [-0.39, 0.29) is 5.54 Å². The molecule has 0 spiro atoms. The van der Waals surface area contributed by atoms with Gasteiger partial charge in [-0.15, -0.1) is 0 Å². The van der Waals surface area contributed by atoms with Crippen molar-refractivity contribution in [2.75, 3.05) is 31.1 Å². The molecule has 1 aliphatic rings. The smallest absolute Gasteiger partial charge is 0.128 e. The van der Waals surface area contributed by atoms with Gasteiger partial charge in [-0.05, 0) is 51.5 Å². The largest absolute Gasteiger partial charge is 0.354 e. The summed E-state index contributed by atoms with van der Waals surface area (Å²) >= 11 is 0. The van der Waals surface area contributed by atoms with Crippen molar-refractivity contribution in [2.45, 2.75) is 39.8 Å². The van der Waals surface area contributed by atoms with Crippen LogP contribution in [-0.2, 0) is 12.1 Å². The first-order chi connectivity index (χ1) is 19.3. The van der Waals surface area contributed by atoms with E-state index in [4.69, 9.17) is 10.1 Å². The number of nitrogens with zero attached hydrogens (tertiary/aromatic N) is 8. The number of aryl methyl sites for hydroxylation is 1. The molecule has 1 fully saturated rings. The Bertz CT molecular complexity index is 1680. The number of hydrogen-bond donors (Lipinski definition) is 0. The lowest BCUT2D eigenvalue weighted by Crippen LogP contribution is -2.46. The normalized spacial score (nSPS) is 14.5. The fourth-order valence-electron chi connectivity index (χ4n) is 5.37. The molecule has 0 saturated carbocycles. The summed E-state index contributed by atoms with van der Waals surface area (Å²) in [6, 6.07) is 19.3. The number of hydrogen-bond acceptors (Lipinski definition) is 6. The summed E-state index contributed by atoms with van der Waals surface area (Å²) in [5.74, 6) is 0.978. The molecule has 0 atom stereocenters. The Hall–Kier alpha value is -4.48. The second-order valence-corrected chi connectivity index (χ2v) is 11.5. The zero-order valence-corrected chi connectivity index (χ0v) is 23.5. The summed E-state index contributed by atoms with van der Waals surface area (Å²) in [5, 5.41) is 19.1. The lowest BCUT2D eigenvalue weighted by molar-refractivity contribution is 0.249. The van der Waals surface area contributed by atoms with Gasteiger partial charge < -0.3 is 4.90 Å². The summed E-state index contributed by atoms with van der Waals surface area (Å²) in [6.45, 7) is 13.3. The predicted molar refractivity (Wildman–Crippen MR) is 158 cm³/mol. The van der Waals surface area contributed by atoms with Crippen molar-refractivity contribution < 1.29 is 0 Å². The summed E-state index contributed by atoms with van der Waals surface area (Å²) in [4.78, 5) is 9.71. The maximum Gasteiger partial charge on any atom is 0.128 e. The van der Waals surface area contributed by atoms with E-state index in [9.17, 15) is 5.26 Å². The van der Waals surface area contributed by atoms with E-state index in [1.807, 2.05) is 24.0 Å². The minimum absolute atomic E-state index is 0.123. The van der Waals surface area contributed by atoms with Gasteiger partial charge in [0.05, 0.1) is 28.5 Å². The lowest BCUT2D eigenvalue weighted by atomic mass is 10.00. The van der Waals surface area contributed by atoms with Crippen LogP contribution in [0.1, 0.15) is 37.6 Å². The van der Waals surface area contributed by atoms with Crippen molar-refractivity contribution in [1.82, 2.24) is 29.3 Å². The Morgan fingerprint density at radius 2 is 1.68 bits per heavy atom. The number of benzene rings is 1. The summed E-state index contributed by atoms with van der Waals surface area (Å²) < 4.78 is 3.80. The van der Waals surface area contributed by atoms with Crippen LogP contribution in [0, 0.1) is 18.3 Å². The van der Waals surface area contributed by atoms with Crippen LogP contribution in [0.4, 0.5) is 5.82 Å². The molecule has 40 heavy (non-hydrogen) atoms. The third kappa shape index (κ3) is 4.96. The number of anilines is 1. The van der Waals surface area contributed by atoms with Gasteiger partial charge in [0.15, 0.2) is 0 Å². The minimum Gasteiger partial charge on any atom is -0.354 e. The van der Waals surface area contributed by atoms with Gasteiger partial charge in [0.2, 0.25) is 0 Å². The first kappa shape index (κ1) is 25.8. The highest BCUT2D eigenvalue weighted by molar-refractivity contribution is 5.87. The predicted octanol–water partition coefficient (Wildman–Crippen LogP) is 5.52. The molecule has 0 unspecified atom stereocenters. The van der Waals surface area contributed by atoms with Crippen molar-refractivity contribution in [2.24, 2.45) is 0 Å². The quantitative estimate of drug-likeness (QED) is 0.298. The highest BCUT2D eigenvalue weighted by Crippen LogP contribution is 2.34. The van der Waals surface area contributed by atoms with Crippen molar-refractivity contribution in [3.8, 4) is 28.3 Å². The Balaban J connectivity index is 1.28. The fraction of sp³-hybridized carbons (Fsp3) is 0.312. The maximum atomic E-state index is 9.81. The minimum atomic E-state index is -0.123. The molecule has 5 aromatic rings. The molecule has 0 N–H and O–H groups in total. The Kier molecular flexibility index (Phi) is 6.60. The van der Waals surface area contributed by atoms with Crippen LogP contribution in [0.25, 0.3) is 27.8 Å². The van der Waals surface area contributed by atoms with Crippen LogP contribution in [0.5, 0.6) is 0 Å². The van der Waals surface area contributed by atoms with Gasteiger partial charge in [0, 0.05) is 73.6 Å². The molecular formula is C32H34N8. The third-order valence-corrected chi connectivity index (χ3v) is 7.63. The SMILES string of the molecule is Cc1nn(C(C)(C)C)cc1-c1cc(-c2ccc(N3CCN(Cc4ccccc4)CC3)nc2)c2c(C#N)cnn2c1. The van der Waals surface area contributed by atoms with E-state index < -0.39 is 0 Å². The monoisotopic (exact) mass is 530 g/mol. The Morgan fingerprint density at radius 1 is 0.900 bits per heavy atom. The van der Waals surface area contributed by atoms with Gasteiger partial charge >= 0.3 is 0 Å². The zero-order chi connectivity index (χ0) is 27.9. The molecule has 202 valence electrons. The van der Waals surface area contributed by atoms with Crippen LogP contribution in [0.15, 0.2) is 73.3 Å². The van der Waals surface area contributed by atoms with E-state index in [1.165, 1.54) is 5.56 Å². The van der Waals surface area contributed by atoms with Crippen molar-refractivity contribution in [3.05, 3.63) is 90.1 Å². The molecule has 8 heteroatoms. The molecule has 0 radical (unpaired) electrons. The second kappa shape index (κ2) is 10.2. The number of nitriles is 1. The molecular weight excluding hydrogens is 496 g/mol. The van der Waals surface area contributed by atoms with Crippen molar-refractivity contribution in [3.63, 3.8) is 0 Å². The van der Waals surface area contributed by atoms with Crippen LogP contribution in [-0.4, -0.2) is 55.5 Å². The molecule has 0 bridgehead atoms. The van der Waals surface area contributed by atoms with E-state index >= 15 is 0 Å².